The van der Waals surface area contributed by atoms with Crippen LogP contribution < -0.4 is 10.2 Å². The van der Waals surface area contributed by atoms with Crippen molar-refractivity contribution in [1.82, 2.24) is 0 Å². The summed E-state index contributed by atoms with van der Waals surface area (Å²) in [5.74, 6) is -4.67. The standard InChI is InChI=1S/C36H36O18/c1-14-26(43)29(46)30(47)35(50-14)49-13-23-27(44)33(53-24(42)9-4-15-2-6-17(37)7-3-15)31(48)36(52-23)54-34-28(45)25-21(41)11-18(38)12-22(25)51-32(34)16-5-8-19(39)20(40)10-16/h2-12,14,23,26-27,29-31,33,35-41,43-44,46-48H,13H2,1H3/b9-4+/t14-,23-,26-,27+,29+,30+,31-,33+,35+,36+/m1/s1. The van der Waals surface area contributed by atoms with E-state index in [0.29, 0.717) is 5.56 Å². The van der Waals surface area contributed by atoms with Crippen LogP contribution in [-0.2, 0) is 23.7 Å². The van der Waals surface area contributed by atoms with Gasteiger partial charge in [-0.25, -0.2) is 4.79 Å². The largest absolute Gasteiger partial charge is 0.508 e. The summed E-state index contributed by atoms with van der Waals surface area (Å²) in [6.45, 7) is 0.719. The van der Waals surface area contributed by atoms with Crippen LogP contribution in [0.25, 0.3) is 28.4 Å². The Morgan fingerprint density at radius 2 is 1.48 bits per heavy atom. The molecular formula is C36H36O18. The molecule has 2 aliphatic rings. The summed E-state index contributed by atoms with van der Waals surface area (Å²) < 4.78 is 34.0. The van der Waals surface area contributed by atoms with Crippen LogP contribution in [0.2, 0.25) is 0 Å². The van der Waals surface area contributed by atoms with Gasteiger partial charge in [-0.15, -0.1) is 0 Å². The van der Waals surface area contributed by atoms with E-state index in [1.165, 1.54) is 43.3 Å². The lowest BCUT2D eigenvalue weighted by Crippen LogP contribution is -2.62. The minimum absolute atomic E-state index is 0.0204. The van der Waals surface area contributed by atoms with Gasteiger partial charge in [0.1, 0.15) is 58.7 Å². The molecule has 0 amide bonds. The normalized spacial score (nSPS) is 28.6. The topological polar surface area (TPSA) is 296 Å². The Kier molecular flexibility index (Phi) is 11.0. The summed E-state index contributed by atoms with van der Waals surface area (Å²) in [6, 6.07) is 10.9. The van der Waals surface area contributed by atoms with Crippen LogP contribution in [0.1, 0.15) is 12.5 Å². The van der Waals surface area contributed by atoms with E-state index < -0.39 is 119 Å². The van der Waals surface area contributed by atoms with E-state index in [1.54, 1.807) is 0 Å². The molecule has 10 atom stereocenters. The monoisotopic (exact) mass is 756 g/mol. The minimum atomic E-state index is -2.07. The third-order valence-corrected chi connectivity index (χ3v) is 8.82. The van der Waals surface area contributed by atoms with Crippen LogP contribution in [-0.4, -0.2) is 125 Å². The van der Waals surface area contributed by atoms with E-state index in [0.717, 1.165) is 30.3 Å². The first-order valence-corrected chi connectivity index (χ1v) is 16.3. The third-order valence-electron chi connectivity index (χ3n) is 8.82. The van der Waals surface area contributed by atoms with E-state index in [2.05, 4.69) is 0 Å². The molecule has 10 N–H and O–H groups in total. The first-order chi connectivity index (χ1) is 25.6. The molecule has 2 aliphatic heterocycles. The number of phenolic OH excluding ortho intramolecular Hbond substituents is 5. The number of aliphatic hydroxyl groups excluding tert-OH is 5. The van der Waals surface area contributed by atoms with Crippen molar-refractivity contribution in [3.8, 4) is 45.8 Å². The number of fused-ring (bicyclic) bond motifs is 1. The van der Waals surface area contributed by atoms with Crippen LogP contribution >= 0.6 is 0 Å². The molecule has 0 bridgehead atoms. The summed E-state index contributed by atoms with van der Waals surface area (Å²) in [5.41, 5.74) is -1.01. The summed E-state index contributed by atoms with van der Waals surface area (Å²) in [4.78, 5) is 26.9. The van der Waals surface area contributed by atoms with Crippen molar-refractivity contribution in [3.63, 3.8) is 0 Å². The number of aliphatic hydroxyl groups is 5. The number of hydrogen-bond donors (Lipinski definition) is 10. The number of carbonyl (C=O) groups excluding carboxylic acids is 1. The van der Waals surface area contributed by atoms with Gasteiger partial charge in [-0.1, -0.05) is 12.1 Å². The fourth-order valence-corrected chi connectivity index (χ4v) is 5.89. The average Bonchev–Trinajstić information content (AvgIpc) is 3.13. The van der Waals surface area contributed by atoms with Gasteiger partial charge < -0.3 is 79.2 Å². The zero-order valence-electron chi connectivity index (χ0n) is 28.1. The fraction of sp³-hybridized carbons (Fsp3) is 0.333. The van der Waals surface area contributed by atoms with Crippen molar-refractivity contribution >= 4 is 23.0 Å². The highest BCUT2D eigenvalue weighted by molar-refractivity contribution is 5.89. The first-order valence-electron chi connectivity index (χ1n) is 16.3. The van der Waals surface area contributed by atoms with Crippen LogP contribution in [0.4, 0.5) is 0 Å². The Morgan fingerprint density at radius 3 is 2.19 bits per heavy atom. The second-order valence-corrected chi connectivity index (χ2v) is 12.6. The van der Waals surface area contributed by atoms with E-state index in [9.17, 15) is 60.7 Å². The van der Waals surface area contributed by atoms with E-state index in [4.69, 9.17) is 28.1 Å². The number of phenols is 5. The predicted octanol–water partition coefficient (Wildman–Crippen LogP) is 0.283. The highest BCUT2D eigenvalue weighted by Crippen LogP contribution is 2.40. The highest BCUT2D eigenvalue weighted by atomic mass is 16.7. The van der Waals surface area contributed by atoms with Crippen molar-refractivity contribution in [3.05, 3.63) is 76.5 Å². The van der Waals surface area contributed by atoms with Gasteiger partial charge in [0.25, 0.3) is 0 Å². The van der Waals surface area contributed by atoms with Gasteiger partial charge in [0.15, 0.2) is 35.8 Å². The molecule has 0 aliphatic carbocycles. The van der Waals surface area contributed by atoms with Crippen molar-refractivity contribution in [1.29, 1.82) is 0 Å². The Labute approximate surface area is 304 Å². The van der Waals surface area contributed by atoms with E-state index in [-0.39, 0.29) is 16.9 Å². The summed E-state index contributed by atoms with van der Waals surface area (Å²) >= 11 is 0. The minimum Gasteiger partial charge on any atom is -0.508 e. The molecule has 18 nitrogen and oxygen atoms in total. The summed E-state index contributed by atoms with van der Waals surface area (Å²) in [6.07, 6.45) is -14.6. The number of ether oxygens (including phenoxy) is 5. The lowest BCUT2D eigenvalue weighted by atomic mass is 9.98. The molecule has 2 fully saturated rings. The maximum Gasteiger partial charge on any atom is 0.331 e. The van der Waals surface area contributed by atoms with Crippen LogP contribution in [0.3, 0.4) is 0 Å². The molecule has 3 aromatic carbocycles. The Bertz CT molecular complexity index is 2080. The quantitative estimate of drug-likeness (QED) is 0.0623. The van der Waals surface area contributed by atoms with Gasteiger partial charge in [-0.2, -0.15) is 0 Å². The van der Waals surface area contributed by atoms with Gasteiger partial charge in [0.2, 0.25) is 17.5 Å². The molecule has 54 heavy (non-hydrogen) atoms. The smallest absolute Gasteiger partial charge is 0.331 e. The highest BCUT2D eigenvalue weighted by Gasteiger charge is 2.50. The number of esters is 1. The molecular weight excluding hydrogens is 720 g/mol. The Morgan fingerprint density at radius 1 is 0.759 bits per heavy atom. The first kappa shape index (κ1) is 38.3. The zero-order valence-corrected chi connectivity index (χ0v) is 28.1. The molecule has 0 radical (unpaired) electrons. The average molecular weight is 757 g/mol. The number of carbonyl (C=O) groups is 1. The van der Waals surface area contributed by atoms with Gasteiger partial charge in [-0.3, -0.25) is 4.79 Å². The van der Waals surface area contributed by atoms with Gasteiger partial charge in [-0.05, 0) is 48.9 Å². The number of rotatable bonds is 9. The second kappa shape index (κ2) is 15.5. The fourth-order valence-electron chi connectivity index (χ4n) is 5.89. The lowest BCUT2D eigenvalue weighted by Gasteiger charge is -2.43. The van der Waals surface area contributed by atoms with Gasteiger partial charge in [0, 0.05) is 23.8 Å². The maximum atomic E-state index is 13.9. The molecule has 288 valence electrons. The summed E-state index contributed by atoms with van der Waals surface area (Å²) in [5, 5.41) is 103. The SMILES string of the molecule is C[C@H]1O[C@H](OC[C@H]2O[C@@H](Oc3c(-c4ccc(O)c(O)c4)oc4cc(O)cc(O)c4c3=O)[C@H](O)[C@@H](OC(=O)/C=C/c3ccc(O)cc3)[C@H]2O)[C@@H](O)[C@@H](O)[C@@H]1O. The Balaban J connectivity index is 1.36. The van der Waals surface area contributed by atoms with Crippen molar-refractivity contribution in [2.75, 3.05) is 6.61 Å². The second-order valence-electron chi connectivity index (χ2n) is 12.6. The predicted molar refractivity (Wildman–Crippen MR) is 181 cm³/mol. The van der Waals surface area contributed by atoms with Gasteiger partial charge >= 0.3 is 5.97 Å². The van der Waals surface area contributed by atoms with Crippen LogP contribution in [0.5, 0.6) is 34.5 Å². The summed E-state index contributed by atoms with van der Waals surface area (Å²) in [7, 11) is 0. The maximum absolute atomic E-state index is 13.9. The van der Waals surface area contributed by atoms with Crippen molar-refractivity contribution < 1.29 is 84.0 Å². The number of aromatic hydroxyl groups is 5. The van der Waals surface area contributed by atoms with E-state index >= 15 is 0 Å². The number of hydrogen-bond acceptors (Lipinski definition) is 18. The Hall–Kier alpha value is -5.44. The van der Waals surface area contributed by atoms with Crippen LogP contribution in [0.15, 0.2) is 69.9 Å². The molecule has 4 aromatic rings. The molecule has 6 rings (SSSR count). The molecule has 0 spiro atoms. The van der Waals surface area contributed by atoms with Crippen molar-refractivity contribution in [2.24, 2.45) is 0 Å². The molecule has 3 heterocycles. The zero-order chi connectivity index (χ0) is 39.0. The lowest BCUT2D eigenvalue weighted by molar-refractivity contribution is -0.319. The molecule has 18 heteroatoms. The van der Waals surface area contributed by atoms with Gasteiger partial charge in [0.05, 0.1) is 12.7 Å². The van der Waals surface area contributed by atoms with Crippen molar-refractivity contribution in [2.45, 2.75) is 68.3 Å². The molecule has 0 saturated carbocycles. The third kappa shape index (κ3) is 7.77. The van der Waals surface area contributed by atoms with Crippen LogP contribution in [0, 0.1) is 0 Å². The van der Waals surface area contributed by atoms with E-state index in [1.807, 2.05) is 0 Å². The molecule has 2 saturated heterocycles. The molecule has 0 unspecified atom stereocenters. The number of benzene rings is 3. The molecule has 1 aromatic heterocycles.